The third kappa shape index (κ3) is 3.45. The Balaban J connectivity index is 1.51. The molecular formula is C23H13Cl3N2O3S2. The predicted molar refractivity (Wildman–Crippen MR) is 136 cm³/mol. The molecule has 166 valence electrons. The third-order valence-corrected chi connectivity index (χ3v) is 9.03. The molecule has 0 fully saturated rings. The number of rotatable bonds is 2. The van der Waals surface area contributed by atoms with Gasteiger partial charge in [0.2, 0.25) is 4.96 Å². The quantitative estimate of drug-likeness (QED) is 0.261. The summed E-state index contributed by atoms with van der Waals surface area (Å²) in [5, 5.41) is 1.73. The van der Waals surface area contributed by atoms with Gasteiger partial charge in [0.25, 0.3) is 11.1 Å². The van der Waals surface area contributed by atoms with Crippen molar-refractivity contribution in [2.24, 2.45) is 0 Å². The highest BCUT2D eigenvalue weighted by Gasteiger charge is 2.22. The van der Waals surface area contributed by atoms with Crippen LogP contribution in [0.1, 0.15) is 29.0 Å². The Morgan fingerprint density at radius 1 is 1.00 bits per heavy atom. The summed E-state index contributed by atoms with van der Waals surface area (Å²) in [5.41, 5.74) is 1.20. The monoisotopic (exact) mass is 534 g/mol. The minimum atomic E-state index is -0.258. The molecule has 0 unspecified atom stereocenters. The highest BCUT2D eigenvalue weighted by Crippen LogP contribution is 2.36. The van der Waals surface area contributed by atoms with Crippen molar-refractivity contribution in [2.45, 2.75) is 25.7 Å². The van der Waals surface area contributed by atoms with Gasteiger partial charge in [0.1, 0.15) is 20.9 Å². The van der Waals surface area contributed by atoms with Crippen molar-refractivity contribution in [3.05, 3.63) is 80.8 Å². The van der Waals surface area contributed by atoms with Crippen LogP contribution in [0, 0.1) is 0 Å². The number of thiazole rings is 1. The van der Waals surface area contributed by atoms with E-state index in [9.17, 15) is 9.59 Å². The van der Waals surface area contributed by atoms with Crippen LogP contribution < -0.4 is 15.7 Å². The molecule has 0 aliphatic heterocycles. The van der Waals surface area contributed by atoms with E-state index >= 15 is 0 Å². The minimum Gasteiger partial charge on any atom is -0.457 e. The van der Waals surface area contributed by atoms with Gasteiger partial charge < -0.3 is 4.42 Å². The molecule has 0 amide bonds. The van der Waals surface area contributed by atoms with Crippen molar-refractivity contribution in [2.75, 3.05) is 0 Å². The van der Waals surface area contributed by atoms with E-state index < -0.39 is 0 Å². The third-order valence-electron chi connectivity index (χ3n) is 5.75. The molecule has 33 heavy (non-hydrogen) atoms. The summed E-state index contributed by atoms with van der Waals surface area (Å²) in [5.74, 6) is 0.972. The van der Waals surface area contributed by atoms with E-state index in [0.717, 1.165) is 31.2 Å². The number of hydrogen-bond donors (Lipinski definition) is 0. The normalized spacial score (nSPS) is 14.5. The minimum absolute atomic E-state index is 0.211. The Labute approximate surface area is 209 Å². The van der Waals surface area contributed by atoms with Gasteiger partial charge in [-0.05, 0) is 55.5 Å². The van der Waals surface area contributed by atoms with Gasteiger partial charge in [-0.3, -0.25) is 9.59 Å². The molecule has 1 aromatic carbocycles. The second-order valence-electron chi connectivity index (χ2n) is 7.79. The molecule has 0 saturated carbocycles. The number of benzene rings is 1. The van der Waals surface area contributed by atoms with Crippen LogP contribution in [0.4, 0.5) is 0 Å². The number of hydrogen-bond acceptors (Lipinski definition) is 6. The molecule has 5 aromatic rings. The second kappa shape index (κ2) is 7.96. The fourth-order valence-electron chi connectivity index (χ4n) is 4.22. The summed E-state index contributed by atoms with van der Waals surface area (Å²) in [6, 6.07) is 6.69. The van der Waals surface area contributed by atoms with E-state index in [1.807, 2.05) is 0 Å². The SMILES string of the molecule is O=c1nc2s/c(=C\c3ccc(-c4cc(Cl)c(Cl)cc4Cl)o3)c(=O)n2c2sc3c(c12)CCCC3. The molecule has 0 radical (unpaired) electrons. The molecule has 4 heterocycles. The number of thiophene rings is 1. The number of aryl methyl sites for hydroxylation is 2. The molecular weight excluding hydrogens is 523 g/mol. The standard InChI is InChI=1S/C23H13Cl3N2O3S2/c24-13-9-15(26)14(25)8-12(13)16-6-5-10(31-16)7-18-21(30)28-22-19(20(29)27-23(28)33-18)11-3-1-2-4-17(11)32-22/h5-9H,1-4H2/b18-7-. The van der Waals surface area contributed by atoms with Gasteiger partial charge >= 0.3 is 0 Å². The van der Waals surface area contributed by atoms with Crippen molar-refractivity contribution < 1.29 is 4.42 Å². The van der Waals surface area contributed by atoms with E-state index in [0.29, 0.717) is 51.9 Å². The topological polar surface area (TPSA) is 64.6 Å². The molecule has 0 bridgehead atoms. The highest BCUT2D eigenvalue weighted by molar-refractivity contribution is 7.19. The maximum absolute atomic E-state index is 13.3. The van der Waals surface area contributed by atoms with Crippen LogP contribution in [0.2, 0.25) is 15.1 Å². The van der Waals surface area contributed by atoms with Gasteiger partial charge in [-0.1, -0.05) is 46.1 Å². The Kier molecular flexibility index (Phi) is 5.16. The zero-order valence-corrected chi connectivity index (χ0v) is 20.7. The van der Waals surface area contributed by atoms with Gasteiger partial charge in [0.15, 0.2) is 0 Å². The first-order valence-electron chi connectivity index (χ1n) is 10.2. The summed E-state index contributed by atoms with van der Waals surface area (Å²) >= 11 is 21.1. The first-order chi connectivity index (χ1) is 15.9. The van der Waals surface area contributed by atoms with Crippen molar-refractivity contribution in [3.8, 4) is 11.3 Å². The molecule has 0 saturated heterocycles. The molecule has 0 N–H and O–H groups in total. The molecule has 6 rings (SSSR count). The average Bonchev–Trinajstić information content (AvgIpc) is 3.47. The molecule has 1 aliphatic rings. The van der Waals surface area contributed by atoms with Crippen LogP contribution >= 0.6 is 57.5 Å². The number of furan rings is 1. The first-order valence-corrected chi connectivity index (χ1v) is 12.9. The summed E-state index contributed by atoms with van der Waals surface area (Å²) in [6.45, 7) is 0. The van der Waals surface area contributed by atoms with Crippen molar-refractivity contribution in [1.29, 1.82) is 0 Å². The molecule has 0 spiro atoms. The highest BCUT2D eigenvalue weighted by atomic mass is 35.5. The summed E-state index contributed by atoms with van der Waals surface area (Å²) in [6.07, 6.45) is 5.62. The van der Waals surface area contributed by atoms with Gasteiger partial charge in [0, 0.05) is 16.5 Å². The van der Waals surface area contributed by atoms with Crippen LogP contribution in [0.5, 0.6) is 0 Å². The smallest absolute Gasteiger partial charge is 0.282 e. The zero-order valence-electron chi connectivity index (χ0n) is 16.8. The summed E-state index contributed by atoms with van der Waals surface area (Å²) < 4.78 is 7.91. The maximum atomic E-state index is 13.3. The van der Waals surface area contributed by atoms with Crippen LogP contribution in [0.25, 0.3) is 32.6 Å². The van der Waals surface area contributed by atoms with Crippen molar-refractivity contribution in [1.82, 2.24) is 9.38 Å². The van der Waals surface area contributed by atoms with Gasteiger partial charge in [-0.2, -0.15) is 4.98 Å². The van der Waals surface area contributed by atoms with Crippen LogP contribution in [-0.2, 0) is 12.8 Å². The van der Waals surface area contributed by atoms with Gasteiger partial charge in [0.05, 0.1) is 20.5 Å². The van der Waals surface area contributed by atoms with Gasteiger partial charge in [-0.15, -0.1) is 11.3 Å². The van der Waals surface area contributed by atoms with Crippen LogP contribution in [-0.4, -0.2) is 9.38 Å². The molecule has 10 heteroatoms. The number of fused-ring (bicyclic) bond motifs is 5. The number of halogens is 3. The largest absolute Gasteiger partial charge is 0.457 e. The lowest BCUT2D eigenvalue weighted by Gasteiger charge is -2.09. The van der Waals surface area contributed by atoms with E-state index in [1.54, 1.807) is 34.7 Å². The maximum Gasteiger partial charge on any atom is 0.282 e. The first kappa shape index (κ1) is 21.4. The van der Waals surface area contributed by atoms with Crippen molar-refractivity contribution >= 4 is 78.7 Å². The zero-order chi connectivity index (χ0) is 22.9. The van der Waals surface area contributed by atoms with E-state index in [-0.39, 0.29) is 11.1 Å². The Hall–Kier alpha value is -2.16. The Morgan fingerprint density at radius 3 is 2.64 bits per heavy atom. The lowest BCUT2D eigenvalue weighted by molar-refractivity contribution is 0.571. The van der Waals surface area contributed by atoms with E-state index in [4.69, 9.17) is 39.2 Å². The molecule has 0 atom stereocenters. The summed E-state index contributed by atoms with van der Waals surface area (Å²) in [4.78, 5) is 32.6. The second-order valence-corrected chi connectivity index (χ2v) is 11.1. The fourth-order valence-corrected chi connectivity index (χ4v) is 7.24. The van der Waals surface area contributed by atoms with Crippen molar-refractivity contribution in [3.63, 3.8) is 0 Å². The predicted octanol–water partition coefficient (Wildman–Crippen LogP) is 5.98. The van der Waals surface area contributed by atoms with Gasteiger partial charge in [-0.25, -0.2) is 4.40 Å². The van der Waals surface area contributed by atoms with Crippen LogP contribution in [0.3, 0.4) is 0 Å². The molecule has 1 aliphatic carbocycles. The van der Waals surface area contributed by atoms with Crippen LogP contribution in [0.15, 0.2) is 38.3 Å². The molecule has 5 nitrogen and oxygen atoms in total. The van der Waals surface area contributed by atoms with E-state index in [2.05, 4.69) is 4.98 Å². The Bertz CT molecular complexity index is 1760. The number of nitrogens with zero attached hydrogens (tertiary/aromatic N) is 2. The fraction of sp³-hybridized carbons (Fsp3) is 0.174. The lowest BCUT2D eigenvalue weighted by Crippen LogP contribution is -2.24. The van der Waals surface area contributed by atoms with E-state index in [1.165, 1.54) is 27.6 Å². The average molecular weight is 536 g/mol. The molecule has 4 aromatic heterocycles. The Morgan fingerprint density at radius 2 is 1.79 bits per heavy atom. The number of aromatic nitrogens is 2. The lowest BCUT2D eigenvalue weighted by atomic mass is 9.97. The summed E-state index contributed by atoms with van der Waals surface area (Å²) in [7, 11) is 0.